The summed E-state index contributed by atoms with van der Waals surface area (Å²) in [7, 11) is 0. The largest absolute Gasteiger partial charge is 0.463 e. The lowest BCUT2D eigenvalue weighted by atomic mass is 10.4. The van der Waals surface area contributed by atoms with Crippen molar-refractivity contribution in [1.82, 2.24) is 10.6 Å². The molecule has 0 fully saturated rings. The summed E-state index contributed by atoms with van der Waals surface area (Å²) < 4.78 is 9.16. The molecule has 0 radical (unpaired) electrons. The van der Waals surface area contributed by atoms with E-state index >= 15 is 0 Å². The average Bonchev–Trinajstić information content (AvgIpc) is 2.43. The maximum Gasteiger partial charge on any atom is 0.330 e. The van der Waals surface area contributed by atoms with E-state index in [1.807, 2.05) is 0 Å². The minimum absolute atomic E-state index is 0.155. The Hall–Kier alpha value is -2.64. The predicted molar refractivity (Wildman–Crippen MR) is 72.7 cm³/mol. The van der Waals surface area contributed by atoms with Gasteiger partial charge in [-0.1, -0.05) is 0 Å². The number of nitrogens with one attached hydrogen (secondary N) is 2. The zero-order valence-corrected chi connectivity index (χ0v) is 11.9. The van der Waals surface area contributed by atoms with Gasteiger partial charge in [-0.25, -0.2) is 9.59 Å². The molecular formula is C13H18N2O6. The molecule has 0 bridgehead atoms. The second-order valence-electron chi connectivity index (χ2n) is 3.43. The molecule has 8 heteroatoms. The lowest BCUT2D eigenvalue weighted by Crippen LogP contribution is -2.35. The summed E-state index contributed by atoms with van der Waals surface area (Å²) in [6.07, 6.45) is 3.92. The van der Waals surface area contributed by atoms with Gasteiger partial charge in [-0.3, -0.25) is 9.59 Å². The molecule has 2 amide bonds. The molecule has 2 N–H and O–H groups in total. The fourth-order valence-corrected chi connectivity index (χ4v) is 1.00. The molecule has 0 spiro atoms. The van der Waals surface area contributed by atoms with Crippen LogP contribution in [0.1, 0.15) is 13.8 Å². The van der Waals surface area contributed by atoms with Crippen molar-refractivity contribution in [3.8, 4) is 0 Å². The van der Waals surface area contributed by atoms with Crippen molar-refractivity contribution in [1.29, 1.82) is 0 Å². The van der Waals surface area contributed by atoms with Crippen molar-refractivity contribution in [2.45, 2.75) is 13.8 Å². The van der Waals surface area contributed by atoms with E-state index in [0.717, 1.165) is 24.3 Å². The van der Waals surface area contributed by atoms with E-state index in [1.54, 1.807) is 13.8 Å². The number of hydrogen-bond donors (Lipinski definition) is 2. The van der Waals surface area contributed by atoms with Gasteiger partial charge in [0.05, 0.1) is 19.9 Å². The lowest BCUT2D eigenvalue weighted by Gasteiger charge is -2.02. The summed E-state index contributed by atoms with van der Waals surface area (Å²) >= 11 is 0. The van der Waals surface area contributed by atoms with Gasteiger partial charge in [0.2, 0.25) is 11.8 Å². The number of esters is 2. The second kappa shape index (κ2) is 11.2. The van der Waals surface area contributed by atoms with Gasteiger partial charge in [0, 0.05) is 24.3 Å². The third kappa shape index (κ3) is 10.9. The summed E-state index contributed by atoms with van der Waals surface area (Å²) in [4.78, 5) is 44.3. The minimum Gasteiger partial charge on any atom is -0.463 e. The molecule has 0 atom stereocenters. The SMILES string of the molecule is CCOC(=O)/C=C/C(=O)NCNC(=O)/C=C/C(=O)OCC. The smallest absolute Gasteiger partial charge is 0.330 e. The summed E-state index contributed by atoms with van der Waals surface area (Å²) in [6.45, 7) is 3.57. The first-order valence-corrected chi connectivity index (χ1v) is 6.24. The molecule has 0 rings (SSSR count). The van der Waals surface area contributed by atoms with Crippen molar-refractivity contribution in [3.63, 3.8) is 0 Å². The predicted octanol–water partition coefficient (Wildman–Crippen LogP) is -0.585. The highest BCUT2D eigenvalue weighted by atomic mass is 16.5. The summed E-state index contributed by atoms with van der Waals surface area (Å²) in [6, 6.07) is 0. The first-order chi connectivity index (χ1) is 9.99. The van der Waals surface area contributed by atoms with Gasteiger partial charge in [-0.2, -0.15) is 0 Å². The van der Waals surface area contributed by atoms with Crippen LogP contribution in [0.3, 0.4) is 0 Å². The quantitative estimate of drug-likeness (QED) is 0.352. The van der Waals surface area contributed by atoms with Crippen molar-refractivity contribution in [2.75, 3.05) is 19.9 Å². The van der Waals surface area contributed by atoms with Crippen LogP contribution in [0, 0.1) is 0 Å². The maximum atomic E-state index is 11.2. The summed E-state index contributed by atoms with van der Waals surface area (Å²) in [5.74, 6) is -2.40. The van der Waals surface area contributed by atoms with Gasteiger partial charge in [-0.15, -0.1) is 0 Å². The molecule has 0 aromatic carbocycles. The van der Waals surface area contributed by atoms with E-state index in [2.05, 4.69) is 20.1 Å². The first kappa shape index (κ1) is 18.4. The number of rotatable bonds is 8. The standard InChI is InChI=1S/C13H18N2O6/c1-3-20-12(18)7-5-10(16)14-9-15-11(17)6-8-13(19)21-4-2/h5-8H,3-4,9H2,1-2H3,(H,14,16)(H,15,17)/b7-5+,8-6+. The molecule has 0 aromatic rings. The second-order valence-corrected chi connectivity index (χ2v) is 3.43. The van der Waals surface area contributed by atoms with E-state index in [-0.39, 0.29) is 19.9 Å². The minimum atomic E-state index is -0.631. The summed E-state index contributed by atoms with van der Waals surface area (Å²) in [5.41, 5.74) is 0. The van der Waals surface area contributed by atoms with E-state index in [1.165, 1.54) is 0 Å². The van der Waals surface area contributed by atoms with Crippen LogP contribution in [0.15, 0.2) is 24.3 Å². The zero-order chi connectivity index (χ0) is 16.1. The number of carbonyl (C=O) groups is 4. The van der Waals surface area contributed by atoms with Crippen molar-refractivity contribution < 1.29 is 28.7 Å². The van der Waals surface area contributed by atoms with E-state index in [4.69, 9.17) is 0 Å². The molecule has 0 aliphatic heterocycles. The Morgan fingerprint density at radius 1 is 0.762 bits per heavy atom. The Balaban J connectivity index is 3.93. The molecule has 0 saturated carbocycles. The zero-order valence-electron chi connectivity index (χ0n) is 11.9. The number of amides is 2. The highest BCUT2D eigenvalue weighted by Gasteiger charge is 2.00. The Labute approximate surface area is 122 Å². The average molecular weight is 298 g/mol. The third-order valence-electron chi connectivity index (χ3n) is 1.84. The van der Waals surface area contributed by atoms with E-state index < -0.39 is 23.8 Å². The topological polar surface area (TPSA) is 111 Å². The van der Waals surface area contributed by atoms with Gasteiger partial charge in [-0.05, 0) is 13.8 Å². The number of carbonyl (C=O) groups excluding carboxylic acids is 4. The molecular weight excluding hydrogens is 280 g/mol. The molecule has 21 heavy (non-hydrogen) atoms. The Morgan fingerprint density at radius 2 is 1.14 bits per heavy atom. The Bertz CT molecular complexity index is 402. The van der Waals surface area contributed by atoms with Gasteiger partial charge >= 0.3 is 11.9 Å². The van der Waals surface area contributed by atoms with E-state index in [0.29, 0.717) is 0 Å². The van der Waals surface area contributed by atoms with Crippen molar-refractivity contribution in [3.05, 3.63) is 24.3 Å². The number of ether oxygens (including phenoxy) is 2. The molecule has 0 unspecified atom stereocenters. The van der Waals surface area contributed by atoms with Gasteiger partial charge in [0.25, 0.3) is 0 Å². The van der Waals surface area contributed by atoms with Crippen LogP contribution in [0.25, 0.3) is 0 Å². The Morgan fingerprint density at radius 3 is 1.48 bits per heavy atom. The maximum absolute atomic E-state index is 11.2. The lowest BCUT2D eigenvalue weighted by molar-refractivity contribution is -0.138. The molecule has 8 nitrogen and oxygen atoms in total. The third-order valence-corrected chi connectivity index (χ3v) is 1.84. The first-order valence-electron chi connectivity index (χ1n) is 6.24. The molecule has 116 valence electrons. The van der Waals surface area contributed by atoms with Crippen LogP contribution in [-0.4, -0.2) is 43.6 Å². The van der Waals surface area contributed by atoms with Crippen LogP contribution in [0.2, 0.25) is 0 Å². The highest BCUT2D eigenvalue weighted by molar-refractivity contribution is 5.96. The number of hydrogen-bond acceptors (Lipinski definition) is 6. The summed E-state index contributed by atoms with van der Waals surface area (Å²) in [5, 5.41) is 4.62. The van der Waals surface area contributed by atoms with Crippen LogP contribution in [0.5, 0.6) is 0 Å². The molecule has 0 aliphatic rings. The monoisotopic (exact) mass is 298 g/mol. The van der Waals surface area contributed by atoms with Crippen LogP contribution in [0.4, 0.5) is 0 Å². The fraction of sp³-hybridized carbons (Fsp3) is 0.385. The highest BCUT2D eigenvalue weighted by Crippen LogP contribution is 1.82. The van der Waals surface area contributed by atoms with E-state index in [9.17, 15) is 19.2 Å². The van der Waals surface area contributed by atoms with Gasteiger partial charge in [0.15, 0.2) is 0 Å². The van der Waals surface area contributed by atoms with Gasteiger partial charge in [0.1, 0.15) is 0 Å². The van der Waals surface area contributed by atoms with Crippen molar-refractivity contribution >= 4 is 23.8 Å². The fourth-order valence-electron chi connectivity index (χ4n) is 1.00. The normalized spacial score (nSPS) is 10.4. The molecule has 0 aromatic heterocycles. The Kier molecular flexibility index (Phi) is 9.80. The van der Waals surface area contributed by atoms with Crippen molar-refractivity contribution in [2.24, 2.45) is 0 Å². The van der Waals surface area contributed by atoms with Crippen LogP contribution in [-0.2, 0) is 28.7 Å². The van der Waals surface area contributed by atoms with Gasteiger partial charge < -0.3 is 20.1 Å². The molecule has 0 aliphatic carbocycles. The van der Waals surface area contributed by atoms with Crippen LogP contribution >= 0.6 is 0 Å². The molecule has 0 saturated heterocycles. The van der Waals surface area contributed by atoms with Crippen LogP contribution < -0.4 is 10.6 Å². The molecule has 0 heterocycles.